The van der Waals surface area contributed by atoms with Crippen molar-refractivity contribution in [2.75, 3.05) is 6.61 Å². The number of carbonyl (C=O) groups excluding carboxylic acids is 1. The van der Waals surface area contributed by atoms with Gasteiger partial charge in [0, 0.05) is 0 Å². The molecular weight excluding hydrogens is 218 g/mol. The topological polar surface area (TPSA) is 61.5 Å². The van der Waals surface area contributed by atoms with E-state index in [2.05, 4.69) is 0 Å². The molecule has 1 unspecified atom stereocenters. The maximum atomic E-state index is 11.7. The Morgan fingerprint density at radius 1 is 1.29 bits per heavy atom. The molecule has 1 saturated carbocycles. The second-order valence-corrected chi connectivity index (χ2v) is 5.73. The fourth-order valence-electron chi connectivity index (χ4n) is 1.84. The summed E-state index contributed by atoms with van der Waals surface area (Å²) < 4.78 is 10.8. The molecule has 0 saturated heterocycles. The molecule has 4 heteroatoms. The summed E-state index contributed by atoms with van der Waals surface area (Å²) in [5.41, 5.74) is 5.47. The highest BCUT2D eigenvalue weighted by Crippen LogP contribution is 2.20. The second-order valence-electron chi connectivity index (χ2n) is 5.73. The lowest BCUT2D eigenvalue weighted by Crippen LogP contribution is -2.41. The molecule has 0 amide bonds. The summed E-state index contributed by atoms with van der Waals surface area (Å²) >= 11 is 0. The predicted molar refractivity (Wildman–Crippen MR) is 66.6 cm³/mol. The molecule has 1 fully saturated rings. The number of hydrogen-bond acceptors (Lipinski definition) is 4. The smallest absolute Gasteiger partial charge is 0.325 e. The van der Waals surface area contributed by atoms with E-state index in [0.717, 1.165) is 25.7 Å². The Morgan fingerprint density at radius 3 is 2.41 bits per heavy atom. The van der Waals surface area contributed by atoms with Crippen LogP contribution in [0, 0.1) is 0 Å². The molecular formula is C13H25NO3. The first-order valence-electron chi connectivity index (χ1n) is 6.48. The van der Waals surface area contributed by atoms with Gasteiger partial charge < -0.3 is 15.2 Å². The van der Waals surface area contributed by atoms with Crippen molar-refractivity contribution >= 4 is 5.97 Å². The largest absolute Gasteiger partial charge is 0.461 e. The van der Waals surface area contributed by atoms with Crippen LogP contribution in [0.3, 0.4) is 0 Å². The monoisotopic (exact) mass is 243 g/mol. The van der Waals surface area contributed by atoms with E-state index in [1.165, 1.54) is 6.42 Å². The number of carbonyl (C=O) groups is 1. The van der Waals surface area contributed by atoms with E-state index in [9.17, 15) is 4.79 Å². The Hall–Kier alpha value is -0.610. The number of rotatable bonds is 4. The van der Waals surface area contributed by atoms with Crippen LogP contribution in [-0.4, -0.2) is 30.3 Å². The molecule has 2 N–H and O–H groups in total. The van der Waals surface area contributed by atoms with E-state index >= 15 is 0 Å². The minimum Gasteiger partial charge on any atom is -0.461 e. The molecule has 0 heterocycles. The van der Waals surface area contributed by atoms with Crippen molar-refractivity contribution in [1.82, 2.24) is 0 Å². The van der Waals surface area contributed by atoms with Crippen molar-refractivity contribution in [2.45, 2.75) is 70.6 Å². The summed E-state index contributed by atoms with van der Waals surface area (Å²) in [5.74, 6) is -0.332. The quantitative estimate of drug-likeness (QED) is 0.767. The molecule has 0 aromatic rings. The Bertz CT molecular complexity index is 242. The van der Waals surface area contributed by atoms with Crippen LogP contribution in [0.25, 0.3) is 0 Å². The lowest BCUT2D eigenvalue weighted by atomic mass is 9.98. The van der Waals surface area contributed by atoms with Gasteiger partial charge in [0.1, 0.15) is 12.1 Å². The van der Waals surface area contributed by atoms with Crippen LogP contribution < -0.4 is 5.73 Å². The van der Waals surface area contributed by atoms with E-state index in [1.807, 2.05) is 20.8 Å². The molecule has 0 spiro atoms. The van der Waals surface area contributed by atoms with Crippen LogP contribution in [0.4, 0.5) is 0 Å². The van der Waals surface area contributed by atoms with Gasteiger partial charge in [0.05, 0.1) is 12.2 Å². The van der Waals surface area contributed by atoms with Crippen molar-refractivity contribution in [3.05, 3.63) is 0 Å². The summed E-state index contributed by atoms with van der Waals surface area (Å²) in [7, 11) is 0. The first-order chi connectivity index (χ1) is 7.88. The van der Waals surface area contributed by atoms with Gasteiger partial charge in [0.2, 0.25) is 0 Å². The van der Waals surface area contributed by atoms with Gasteiger partial charge in [-0.3, -0.25) is 4.79 Å². The fourth-order valence-corrected chi connectivity index (χ4v) is 1.84. The predicted octanol–water partition coefficient (Wildman–Crippen LogP) is 2.00. The third-order valence-electron chi connectivity index (χ3n) is 2.83. The highest BCUT2D eigenvalue weighted by atomic mass is 16.5. The van der Waals surface area contributed by atoms with Crippen molar-refractivity contribution in [2.24, 2.45) is 5.73 Å². The Labute approximate surface area is 104 Å². The van der Waals surface area contributed by atoms with Crippen LogP contribution in [-0.2, 0) is 14.3 Å². The van der Waals surface area contributed by atoms with Crippen molar-refractivity contribution < 1.29 is 14.3 Å². The lowest BCUT2D eigenvalue weighted by Gasteiger charge is -2.25. The van der Waals surface area contributed by atoms with Gasteiger partial charge in [0.25, 0.3) is 0 Å². The summed E-state index contributed by atoms with van der Waals surface area (Å²) in [6.45, 7) is 6.03. The van der Waals surface area contributed by atoms with Gasteiger partial charge in [-0.2, -0.15) is 0 Å². The Morgan fingerprint density at radius 2 is 1.88 bits per heavy atom. The molecule has 0 aliphatic heterocycles. The summed E-state index contributed by atoms with van der Waals surface area (Å²) in [5, 5.41) is 0. The number of esters is 1. The van der Waals surface area contributed by atoms with Crippen LogP contribution in [0.2, 0.25) is 0 Å². The third kappa shape index (κ3) is 6.03. The van der Waals surface area contributed by atoms with Gasteiger partial charge in [-0.25, -0.2) is 0 Å². The van der Waals surface area contributed by atoms with Gasteiger partial charge >= 0.3 is 5.97 Å². The zero-order chi connectivity index (χ0) is 12.9. The maximum Gasteiger partial charge on any atom is 0.325 e. The molecule has 100 valence electrons. The zero-order valence-corrected chi connectivity index (χ0v) is 11.2. The van der Waals surface area contributed by atoms with Crippen molar-refractivity contribution in [3.8, 4) is 0 Å². The van der Waals surface area contributed by atoms with Crippen molar-refractivity contribution in [3.63, 3.8) is 0 Å². The molecule has 0 bridgehead atoms. The minimum absolute atomic E-state index is 0.0666. The van der Waals surface area contributed by atoms with E-state index in [1.54, 1.807) is 0 Å². The molecule has 0 aromatic carbocycles. The Balaban J connectivity index is 2.26. The minimum atomic E-state index is -0.670. The average Bonchev–Trinajstić information content (AvgIpc) is 2.26. The molecule has 1 aliphatic rings. The average molecular weight is 243 g/mol. The van der Waals surface area contributed by atoms with E-state index in [0.29, 0.717) is 0 Å². The van der Waals surface area contributed by atoms with Gasteiger partial charge in [-0.1, -0.05) is 6.42 Å². The van der Waals surface area contributed by atoms with Gasteiger partial charge in [0.15, 0.2) is 0 Å². The molecule has 0 radical (unpaired) electrons. The number of hydrogen-bond donors (Lipinski definition) is 1. The first kappa shape index (κ1) is 14.5. The molecule has 17 heavy (non-hydrogen) atoms. The zero-order valence-electron chi connectivity index (χ0n) is 11.2. The van der Waals surface area contributed by atoms with Gasteiger partial charge in [-0.15, -0.1) is 0 Å². The van der Waals surface area contributed by atoms with Crippen LogP contribution in [0.5, 0.6) is 0 Å². The van der Waals surface area contributed by atoms with E-state index < -0.39 is 6.04 Å². The molecule has 0 aromatic heterocycles. The summed E-state index contributed by atoms with van der Waals surface area (Å²) in [6.07, 6.45) is 5.54. The lowest BCUT2D eigenvalue weighted by molar-refractivity contribution is -0.154. The van der Waals surface area contributed by atoms with E-state index in [4.69, 9.17) is 15.2 Å². The molecule has 1 rings (SSSR count). The highest BCUT2D eigenvalue weighted by Gasteiger charge is 2.23. The molecule has 4 nitrogen and oxygen atoms in total. The highest BCUT2D eigenvalue weighted by molar-refractivity contribution is 5.75. The number of nitrogens with two attached hydrogens (primary N) is 1. The van der Waals surface area contributed by atoms with Gasteiger partial charge in [-0.05, 0) is 46.5 Å². The number of ether oxygens (including phenoxy) is 2. The normalized spacial score (nSPS) is 20.0. The van der Waals surface area contributed by atoms with E-state index in [-0.39, 0.29) is 24.3 Å². The second kappa shape index (κ2) is 6.36. The van der Waals surface area contributed by atoms with Crippen LogP contribution in [0.1, 0.15) is 52.9 Å². The fraction of sp³-hybridized carbons (Fsp3) is 0.923. The first-order valence-corrected chi connectivity index (χ1v) is 6.48. The summed E-state index contributed by atoms with van der Waals surface area (Å²) in [4.78, 5) is 11.7. The third-order valence-corrected chi connectivity index (χ3v) is 2.83. The SMILES string of the molecule is CC(C)(C)OCC(N)C(=O)OC1CCCCC1. The van der Waals surface area contributed by atoms with Crippen molar-refractivity contribution in [1.29, 1.82) is 0 Å². The van der Waals surface area contributed by atoms with Crippen LogP contribution in [0.15, 0.2) is 0 Å². The summed E-state index contributed by atoms with van der Waals surface area (Å²) in [6, 6.07) is -0.670. The maximum absolute atomic E-state index is 11.7. The molecule has 1 aliphatic carbocycles. The van der Waals surface area contributed by atoms with Crippen LogP contribution >= 0.6 is 0 Å². The standard InChI is InChI=1S/C13H25NO3/c1-13(2,3)16-9-11(14)12(15)17-10-7-5-4-6-8-10/h10-11H,4-9,14H2,1-3H3. The Kier molecular flexibility index (Phi) is 5.40. The molecule has 1 atom stereocenters.